The summed E-state index contributed by atoms with van der Waals surface area (Å²) in [5.74, 6) is 0.698. The molecule has 1 saturated heterocycles. The smallest absolute Gasteiger partial charge is 0.251 e. The summed E-state index contributed by atoms with van der Waals surface area (Å²) in [5, 5.41) is 7.77. The molecule has 0 spiro atoms. The summed E-state index contributed by atoms with van der Waals surface area (Å²) in [7, 11) is 2.18. The molecule has 1 amide bonds. The van der Waals surface area contributed by atoms with E-state index < -0.39 is 0 Å². The van der Waals surface area contributed by atoms with E-state index in [1.54, 1.807) is 0 Å². The molecule has 9 nitrogen and oxygen atoms in total. The first-order chi connectivity index (χ1) is 25.2. The van der Waals surface area contributed by atoms with Crippen molar-refractivity contribution in [2.75, 3.05) is 43.6 Å². The number of carbonyl (C=O) groups is 1. The molecular formula is C43H55N5O4. The minimum Gasteiger partial charge on any atom is -0.465 e. The largest absolute Gasteiger partial charge is 0.465 e. The molecule has 276 valence electrons. The molecule has 1 unspecified atom stereocenters. The monoisotopic (exact) mass is 705 g/mol. The van der Waals surface area contributed by atoms with E-state index in [0.29, 0.717) is 38.2 Å². The first-order valence-corrected chi connectivity index (χ1v) is 18.9. The predicted molar refractivity (Wildman–Crippen MR) is 209 cm³/mol. The third-order valence-corrected chi connectivity index (χ3v) is 10.00. The third-order valence-electron chi connectivity index (χ3n) is 10.00. The van der Waals surface area contributed by atoms with Crippen molar-refractivity contribution in [3.8, 4) is 16.9 Å². The number of ether oxygens (including phenoxy) is 3. The first-order valence-electron chi connectivity index (χ1n) is 18.9. The molecule has 1 atom stereocenters. The van der Waals surface area contributed by atoms with E-state index in [2.05, 4.69) is 103 Å². The highest BCUT2D eigenvalue weighted by Gasteiger charge is 2.22. The number of hydrogen-bond acceptors (Lipinski definition) is 7. The van der Waals surface area contributed by atoms with Crippen LogP contribution in [0.2, 0.25) is 0 Å². The average Bonchev–Trinajstić information content (AvgIpc) is 3.55. The van der Waals surface area contributed by atoms with Crippen LogP contribution in [0.4, 0.5) is 11.4 Å². The van der Waals surface area contributed by atoms with Gasteiger partial charge < -0.3 is 24.4 Å². The summed E-state index contributed by atoms with van der Waals surface area (Å²) in [4.78, 5) is 18.6. The molecule has 0 bridgehead atoms. The number of amides is 1. The summed E-state index contributed by atoms with van der Waals surface area (Å²) in [6.07, 6.45) is 10.7. The molecule has 0 radical (unpaired) electrons. The molecule has 3 heterocycles. The molecule has 2 aliphatic heterocycles. The number of unbranched alkanes of at least 4 members (excludes halogenated alkanes) is 1. The van der Waals surface area contributed by atoms with Crippen LogP contribution in [0.25, 0.3) is 17.2 Å². The van der Waals surface area contributed by atoms with Crippen LogP contribution in [0.3, 0.4) is 0 Å². The van der Waals surface area contributed by atoms with Crippen LogP contribution in [0.5, 0.6) is 5.75 Å². The van der Waals surface area contributed by atoms with Gasteiger partial charge in [0.1, 0.15) is 5.75 Å². The summed E-state index contributed by atoms with van der Waals surface area (Å²) < 4.78 is 19.3. The second kappa shape index (κ2) is 17.9. The van der Waals surface area contributed by atoms with E-state index in [-0.39, 0.29) is 12.2 Å². The highest BCUT2D eigenvalue weighted by Crippen LogP contribution is 2.34. The van der Waals surface area contributed by atoms with E-state index in [4.69, 9.17) is 14.2 Å². The first kappa shape index (κ1) is 37.3. The highest BCUT2D eigenvalue weighted by atomic mass is 16.7. The zero-order valence-corrected chi connectivity index (χ0v) is 31.5. The van der Waals surface area contributed by atoms with Gasteiger partial charge in [0.05, 0.1) is 12.8 Å². The molecule has 4 aromatic rings. The fourth-order valence-electron chi connectivity index (χ4n) is 6.87. The maximum Gasteiger partial charge on any atom is 0.251 e. The van der Waals surface area contributed by atoms with E-state index in [1.165, 1.54) is 5.56 Å². The van der Waals surface area contributed by atoms with Gasteiger partial charge in [-0.2, -0.15) is 5.10 Å². The lowest BCUT2D eigenvalue weighted by atomic mass is 10.00. The number of anilines is 2. The number of benzene rings is 3. The Morgan fingerprint density at radius 2 is 1.75 bits per heavy atom. The van der Waals surface area contributed by atoms with Gasteiger partial charge in [-0.1, -0.05) is 43.7 Å². The maximum absolute atomic E-state index is 13.9. The van der Waals surface area contributed by atoms with E-state index in [1.807, 2.05) is 42.1 Å². The molecule has 1 aromatic heterocycles. The molecule has 6 rings (SSSR count). The van der Waals surface area contributed by atoms with Crippen LogP contribution in [0.1, 0.15) is 82.5 Å². The number of nitrogens with one attached hydrogen (secondary N) is 1. The standard InChI is InChI=1S/C43H55N5O4/c1-6-7-22-51-32(4)52-41-15-10-35(11-16-41)36-12-17-42-38(25-36)26-37(18-21-47(42)29-34-27-44-48(30-34)31(2)3)43(49)45-39-13-8-33(9-14-39)28-46(5)40-19-23-50-24-20-40/h8-17,25-27,30-32,40H,6-7,18-24,28-29H2,1-5H3,(H,45,49). The normalized spacial score (nSPS) is 15.7. The van der Waals surface area contributed by atoms with Crippen molar-refractivity contribution in [1.29, 1.82) is 0 Å². The lowest BCUT2D eigenvalue weighted by molar-refractivity contribution is -0.112. The topological polar surface area (TPSA) is 81.1 Å². The zero-order valence-electron chi connectivity index (χ0n) is 31.5. The van der Waals surface area contributed by atoms with Gasteiger partial charge in [0.2, 0.25) is 0 Å². The fraction of sp³-hybridized carbons (Fsp3) is 0.442. The molecule has 9 heteroatoms. The Kier molecular flexibility index (Phi) is 12.8. The van der Waals surface area contributed by atoms with E-state index in [9.17, 15) is 4.79 Å². The van der Waals surface area contributed by atoms with Crippen LogP contribution < -0.4 is 15.0 Å². The molecule has 3 aromatic carbocycles. The Hall–Kier alpha value is -4.44. The Labute approximate surface area is 309 Å². The number of fused-ring (bicyclic) bond motifs is 1. The van der Waals surface area contributed by atoms with E-state index >= 15 is 0 Å². The lowest BCUT2D eigenvalue weighted by Gasteiger charge is -2.31. The van der Waals surface area contributed by atoms with Crippen LogP contribution >= 0.6 is 0 Å². The van der Waals surface area contributed by atoms with Crippen LogP contribution in [0, 0.1) is 0 Å². The number of hydrogen-bond donors (Lipinski definition) is 1. The molecule has 2 aliphatic rings. The van der Waals surface area contributed by atoms with Gasteiger partial charge in [0, 0.05) is 73.6 Å². The van der Waals surface area contributed by atoms with E-state index in [0.717, 1.165) is 90.4 Å². The van der Waals surface area contributed by atoms with Crippen molar-refractivity contribution in [2.24, 2.45) is 0 Å². The molecule has 1 N–H and O–H groups in total. The Morgan fingerprint density at radius 1 is 1.00 bits per heavy atom. The minimum absolute atomic E-state index is 0.0744. The number of nitrogens with zero attached hydrogens (tertiary/aromatic N) is 4. The van der Waals surface area contributed by atoms with Crippen molar-refractivity contribution in [3.63, 3.8) is 0 Å². The summed E-state index contributed by atoms with van der Waals surface area (Å²) in [6.45, 7) is 13.0. The molecular weight excluding hydrogens is 651 g/mol. The van der Waals surface area contributed by atoms with Crippen LogP contribution in [0.15, 0.2) is 84.7 Å². The van der Waals surface area contributed by atoms with Crippen molar-refractivity contribution >= 4 is 23.4 Å². The zero-order chi connectivity index (χ0) is 36.5. The Balaban J connectivity index is 1.19. The molecule has 1 fully saturated rings. The van der Waals surface area contributed by atoms with Gasteiger partial charge in [-0.15, -0.1) is 0 Å². The maximum atomic E-state index is 13.9. The molecule has 0 saturated carbocycles. The van der Waals surface area contributed by atoms with Gasteiger partial charge in [-0.05, 0) is 118 Å². The van der Waals surface area contributed by atoms with Gasteiger partial charge in [-0.25, -0.2) is 0 Å². The second-order valence-electron chi connectivity index (χ2n) is 14.4. The van der Waals surface area contributed by atoms with Gasteiger partial charge in [0.25, 0.3) is 5.91 Å². The number of rotatable bonds is 15. The SMILES string of the molecule is CCCCOC(C)Oc1ccc(-c2ccc3c(c2)C=C(C(=O)Nc2ccc(CN(C)C4CCOCC4)cc2)CCN3Cc2cnn(C(C)C)c2)cc1. The highest BCUT2D eigenvalue weighted by molar-refractivity contribution is 6.07. The number of carbonyl (C=O) groups excluding carboxylic acids is 1. The van der Waals surface area contributed by atoms with Gasteiger partial charge in [-0.3, -0.25) is 14.4 Å². The van der Waals surface area contributed by atoms with Crippen LogP contribution in [-0.4, -0.2) is 66.3 Å². The quantitative estimate of drug-likeness (QED) is 0.0979. The second-order valence-corrected chi connectivity index (χ2v) is 14.4. The van der Waals surface area contributed by atoms with Crippen molar-refractivity contribution in [2.45, 2.75) is 91.3 Å². The fourth-order valence-corrected chi connectivity index (χ4v) is 6.87. The summed E-state index contributed by atoms with van der Waals surface area (Å²) >= 11 is 0. The Morgan fingerprint density at radius 3 is 2.46 bits per heavy atom. The van der Waals surface area contributed by atoms with Crippen molar-refractivity contribution in [3.05, 3.63) is 101 Å². The average molecular weight is 706 g/mol. The molecule has 0 aliphatic carbocycles. The van der Waals surface area contributed by atoms with Gasteiger partial charge in [0.15, 0.2) is 6.29 Å². The molecule has 52 heavy (non-hydrogen) atoms. The summed E-state index contributed by atoms with van der Waals surface area (Å²) in [6, 6.07) is 23.8. The van der Waals surface area contributed by atoms with Crippen LogP contribution in [-0.2, 0) is 27.4 Å². The number of aromatic nitrogens is 2. The van der Waals surface area contributed by atoms with Crippen molar-refractivity contribution < 1.29 is 19.0 Å². The predicted octanol–water partition coefficient (Wildman–Crippen LogP) is 8.72. The van der Waals surface area contributed by atoms with Gasteiger partial charge >= 0.3 is 0 Å². The Bertz CT molecular complexity index is 1780. The lowest BCUT2D eigenvalue weighted by Crippen LogP contribution is -2.36. The third kappa shape index (κ3) is 9.91. The summed E-state index contributed by atoms with van der Waals surface area (Å²) in [5.41, 5.74) is 8.18. The van der Waals surface area contributed by atoms with Crippen molar-refractivity contribution in [1.82, 2.24) is 14.7 Å². The minimum atomic E-state index is -0.306.